The molecule has 0 atom stereocenters. The summed E-state index contributed by atoms with van der Waals surface area (Å²) in [6.07, 6.45) is 1.74. The van der Waals surface area contributed by atoms with Gasteiger partial charge in [0.05, 0.1) is 13.1 Å². The predicted octanol–water partition coefficient (Wildman–Crippen LogP) is 1.18. The molecule has 0 saturated carbocycles. The van der Waals surface area contributed by atoms with Gasteiger partial charge in [-0.15, -0.1) is 6.58 Å². The molecule has 0 bridgehead atoms. The molecule has 1 aromatic rings. The average molecular weight is 246 g/mol. The van der Waals surface area contributed by atoms with Crippen molar-refractivity contribution in [2.75, 3.05) is 26.2 Å². The van der Waals surface area contributed by atoms with E-state index in [2.05, 4.69) is 11.9 Å². The molecule has 0 aliphatic carbocycles. The second-order valence-corrected chi connectivity index (χ2v) is 4.19. The summed E-state index contributed by atoms with van der Waals surface area (Å²) in [5.41, 5.74) is 1.06. The predicted molar refractivity (Wildman–Crippen MR) is 70.4 cm³/mol. The maximum Gasteiger partial charge on any atom is 0.236 e. The Morgan fingerprint density at radius 1 is 1.50 bits per heavy atom. The highest BCUT2D eigenvalue weighted by molar-refractivity contribution is 5.78. The molecular weight excluding hydrogens is 228 g/mol. The number of amides is 1. The SMILES string of the molecule is C=CCNCC(=O)N1CCOc2ccccc2C1. The molecule has 0 unspecified atom stereocenters. The lowest BCUT2D eigenvalue weighted by molar-refractivity contribution is -0.130. The molecule has 1 N–H and O–H groups in total. The van der Waals surface area contributed by atoms with Gasteiger partial charge in [-0.1, -0.05) is 24.3 Å². The largest absolute Gasteiger partial charge is 0.491 e. The molecular formula is C14H18N2O2. The number of para-hydroxylation sites is 1. The van der Waals surface area contributed by atoms with Crippen LogP contribution in [0.25, 0.3) is 0 Å². The normalized spacial score (nSPS) is 14.3. The van der Waals surface area contributed by atoms with Gasteiger partial charge in [-0.2, -0.15) is 0 Å². The molecule has 0 aromatic heterocycles. The van der Waals surface area contributed by atoms with Crippen molar-refractivity contribution in [1.82, 2.24) is 10.2 Å². The smallest absolute Gasteiger partial charge is 0.236 e. The lowest BCUT2D eigenvalue weighted by atomic mass is 10.2. The molecule has 96 valence electrons. The molecule has 0 saturated heterocycles. The monoisotopic (exact) mass is 246 g/mol. The molecule has 1 aliphatic rings. The Balaban J connectivity index is 1.99. The molecule has 4 nitrogen and oxygen atoms in total. The number of hydrogen-bond acceptors (Lipinski definition) is 3. The molecule has 0 fully saturated rings. The zero-order chi connectivity index (χ0) is 12.8. The van der Waals surface area contributed by atoms with Crippen LogP contribution in [0.1, 0.15) is 5.56 Å². The second kappa shape index (κ2) is 6.21. The van der Waals surface area contributed by atoms with Crippen LogP contribution in [-0.2, 0) is 11.3 Å². The van der Waals surface area contributed by atoms with Gasteiger partial charge >= 0.3 is 0 Å². The Bertz CT molecular complexity index is 432. The zero-order valence-electron chi connectivity index (χ0n) is 10.4. The standard InChI is InChI=1S/C14H18N2O2/c1-2-7-15-10-14(17)16-8-9-18-13-6-4-3-5-12(13)11-16/h2-6,15H,1,7-11H2. The molecule has 2 rings (SSSR count). The van der Waals surface area contributed by atoms with E-state index < -0.39 is 0 Å². The molecule has 1 aromatic carbocycles. The summed E-state index contributed by atoms with van der Waals surface area (Å²) in [7, 11) is 0. The number of carbonyl (C=O) groups is 1. The van der Waals surface area contributed by atoms with Crippen molar-refractivity contribution >= 4 is 5.91 Å². The number of carbonyl (C=O) groups excluding carboxylic acids is 1. The van der Waals surface area contributed by atoms with Crippen LogP contribution in [0.3, 0.4) is 0 Å². The van der Waals surface area contributed by atoms with Crippen LogP contribution in [0.5, 0.6) is 5.75 Å². The van der Waals surface area contributed by atoms with Crippen LogP contribution in [0.2, 0.25) is 0 Å². The average Bonchev–Trinajstić information content (AvgIpc) is 2.61. The summed E-state index contributed by atoms with van der Waals surface area (Å²) in [6.45, 7) is 6.38. The van der Waals surface area contributed by atoms with E-state index in [9.17, 15) is 4.79 Å². The van der Waals surface area contributed by atoms with Crippen LogP contribution in [0, 0.1) is 0 Å². The van der Waals surface area contributed by atoms with E-state index in [4.69, 9.17) is 4.74 Å². The molecule has 4 heteroatoms. The van der Waals surface area contributed by atoms with Gasteiger partial charge < -0.3 is 15.0 Å². The van der Waals surface area contributed by atoms with E-state index >= 15 is 0 Å². The fourth-order valence-corrected chi connectivity index (χ4v) is 1.93. The molecule has 18 heavy (non-hydrogen) atoms. The Morgan fingerprint density at radius 3 is 3.17 bits per heavy atom. The number of nitrogens with one attached hydrogen (secondary N) is 1. The van der Waals surface area contributed by atoms with Crippen molar-refractivity contribution in [2.45, 2.75) is 6.54 Å². The first-order valence-electron chi connectivity index (χ1n) is 6.11. The topological polar surface area (TPSA) is 41.6 Å². The van der Waals surface area contributed by atoms with Gasteiger partial charge in [0.15, 0.2) is 0 Å². The summed E-state index contributed by atoms with van der Waals surface area (Å²) in [6, 6.07) is 7.85. The number of rotatable bonds is 4. The van der Waals surface area contributed by atoms with Gasteiger partial charge in [0, 0.05) is 18.7 Å². The molecule has 0 spiro atoms. The summed E-state index contributed by atoms with van der Waals surface area (Å²) >= 11 is 0. The van der Waals surface area contributed by atoms with E-state index in [1.54, 1.807) is 6.08 Å². The maximum absolute atomic E-state index is 12.0. The quantitative estimate of drug-likeness (QED) is 0.641. The highest BCUT2D eigenvalue weighted by Gasteiger charge is 2.18. The zero-order valence-corrected chi connectivity index (χ0v) is 10.4. The van der Waals surface area contributed by atoms with Crippen molar-refractivity contribution in [1.29, 1.82) is 0 Å². The van der Waals surface area contributed by atoms with Gasteiger partial charge in [-0.3, -0.25) is 4.79 Å². The van der Waals surface area contributed by atoms with Gasteiger partial charge in [0.2, 0.25) is 5.91 Å². The van der Waals surface area contributed by atoms with Gasteiger partial charge in [0.1, 0.15) is 12.4 Å². The van der Waals surface area contributed by atoms with Crippen LogP contribution in [0.4, 0.5) is 0 Å². The summed E-state index contributed by atoms with van der Waals surface area (Å²) in [5.74, 6) is 0.976. The van der Waals surface area contributed by atoms with E-state index in [1.165, 1.54) is 0 Å². The highest BCUT2D eigenvalue weighted by Crippen LogP contribution is 2.22. The number of nitrogens with zero attached hydrogens (tertiary/aromatic N) is 1. The van der Waals surface area contributed by atoms with E-state index in [1.807, 2.05) is 29.2 Å². The van der Waals surface area contributed by atoms with Crippen molar-refractivity contribution in [2.24, 2.45) is 0 Å². The van der Waals surface area contributed by atoms with Gasteiger partial charge in [0.25, 0.3) is 0 Å². The van der Waals surface area contributed by atoms with Crippen LogP contribution in [0.15, 0.2) is 36.9 Å². The number of hydrogen-bond donors (Lipinski definition) is 1. The first kappa shape index (κ1) is 12.6. The highest BCUT2D eigenvalue weighted by atomic mass is 16.5. The Morgan fingerprint density at radius 2 is 2.33 bits per heavy atom. The summed E-state index contributed by atoms with van der Waals surface area (Å²) in [5, 5.41) is 3.03. The van der Waals surface area contributed by atoms with Gasteiger partial charge in [-0.25, -0.2) is 0 Å². The Hall–Kier alpha value is -1.81. The van der Waals surface area contributed by atoms with E-state index in [0.717, 1.165) is 11.3 Å². The van der Waals surface area contributed by atoms with Crippen molar-refractivity contribution in [3.8, 4) is 5.75 Å². The Labute approximate surface area is 107 Å². The molecule has 1 amide bonds. The third-order valence-electron chi connectivity index (χ3n) is 2.87. The van der Waals surface area contributed by atoms with Crippen molar-refractivity contribution < 1.29 is 9.53 Å². The second-order valence-electron chi connectivity index (χ2n) is 4.19. The van der Waals surface area contributed by atoms with Crippen molar-refractivity contribution in [3.63, 3.8) is 0 Å². The van der Waals surface area contributed by atoms with Crippen molar-refractivity contribution in [3.05, 3.63) is 42.5 Å². The number of fused-ring (bicyclic) bond motifs is 1. The minimum atomic E-state index is 0.0946. The first-order chi connectivity index (χ1) is 8.81. The number of benzene rings is 1. The van der Waals surface area contributed by atoms with E-state index in [-0.39, 0.29) is 5.91 Å². The molecule has 0 radical (unpaired) electrons. The first-order valence-corrected chi connectivity index (χ1v) is 6.11. The van der Waals surface area contributed by atoms with Crippen LogP contribution in [-0.4, -0.2) is 37.0 Å². The van der Waals surface area contributed by atoms with E-state index in [0.29, 0.717) is 32.8 Å². The third-order valence-corrected chi connectivity index (χ3v) is 2.87. The minimum absolute atomic E-state index is 0.0946. The summed E-state index contributed by atoms with van der Waals surface area (Å²) < 4.78 is 5.62. The lowest BCUT2D eigenvalue weighted by Gasteiger charge is -2.19. The minimum Gasteiger partial charge on any atom is -0.491 e. The number of ether oxygens (including phenoxy) is 1. The Kier molecular flexibility index (Phi) is 4.36. The molecule has 1 aliphatic heterocycles. The fourth-order valence-electron chi connectivity index (χ4n) is 1.93. The van der Waals surface area contributed by atoms with Crippen LogP contribution < -0.4 is 10.1 Å². The van der Waals surface area contributed by atoms with Gasteiger partial charge in [-0.05, 0) is 6.07 Å². The fraction of sp³-hybridized carbons (Fsp3) is 0.357. The van der Waals surface area contributed by atoms with Crippen LogP contribution >= 0.6 is 0 Å². The lowest BCUT2D eigenvalue weighted by Crippen LogP contribution is -2.39. The molecule has 1 heterocycles. The summed E-state index contributed by atoms with van der Waals surface area (Å²) in [4.78, 5) is 13.8. The third kappa shape index (κ3) is 3.11. The maximum atomic E-state index is 12.0.